The topological polar surface area (TPSA) is 362 Å². The Morgan fingerprint density at radius 3 is 1.18 bits per heavy atom. The minimum atomic E-state index is -4.75. The Morgan fingerprint density at radius 1 is 0.484 bits per heavy atom. The fraction of sp³-hybridized carbons (Fsp3) is 0.111. The van der Waals surface area contributed by atoms with Gasteiger partial charge in [-0.25, -0.2) is 21.0 Å². The zero-order valence-corrected chi connectivity index (χ0v) is 35.6. The van der Waals surface area contributed by atoms with Crippen LogP contribution < -0.4 is 11.5 Å². The van der Waals surface area contributed by atoms with E-state index in [0.29, 0.717) is 16.5 Å². The van der Waals surface area contributed by atoms with E-state index < -0.39 is 74.2 Å². The number of azo groups is 2. The van der Waals surface area contributed by atoms with Crippen molar-refractivity contribution in [2.75, 3.05) is 36.2 Å². The smallest absolute Gasteiger partial charge is 0.396 e. The lowest BCUT2D eigenvalue weighted by Crippen LogP contribution is -2.15. The average molecular weight is 951 g/mol. The van der Waals surface area contributed by atoms with Gasteiger partial charge in [0.1, 0.15) is 21.2 Å². The first kappa shape index (κ1) is 47.2. The molecule has 0 atom stereocenters. The molecule has 0 aromatic heterocycles. The molecule has 0 unspecified atom stereocenters. The number of nitrogens with zero attached hydrogens (tertiary/aromatic N) is 4. The summed E-state index contributed by atoms with van der Waals surface area (Å²) >= 11 is 0. The monoisotopic (exact) mass is 950 g/mol. The highest BCUT2D eigenvalue weighted by molar-refractivity contribution is 7.91. The van der Waals surface area contributed by atoms with Crippen molar-refractivity contribution in [1.29, 1.82) is 0 Å². The molecule has 0 fully saturated rings. The molecule has 6 aromatic rings. The van der Waals surface area contributed by atoms with Crippen molar-refractivity contribution in [1.82, 2.24) is 0 Å². The van der Waals surface area contributed by atoms with Gasteiger partial charge in [0.2, 0.25) is 0 Å². The Hall–Kier alpha value is -5.81. The Balaban J connectivity index is 0.000000236. The molecular formula is C36H34N6O15S5. The SMILES string of the molecule is Nc1c(N=Nc2ccc(S(=O)(=O)CCO)cc2)cc(S(=O)(=O)O)c2ccccc12.Nc1c(N=Nc2ccc(S(=O)(=O)CCOS(=O)(=O)O)cc2)cc(S(=O)(=O)O)c2ccccc12. The van der Waals surface area contributed by atoms with Gasteiger partial charge in [-0.3, -0.25) is 13.7 Å². The van der Waals surface area contributed by atoms with Crippen LogP contribution in [0.1, 0.15) is 0 Å². The van der Waals surface area contributed by atoms with E-state index in [9.17, 15) is 51.2 Å². The highest BCUT2D eigenvalue weighted by Crippen LogP contribution is 2.38. The minimum absolute atomic E-state index is 0.0274. The molecule has 6 rings (SSSR count). The van der Waals surface area contributed by atoms with Crippen molar-refractivity contribution in [2.45, 2.75) is 19.6 Å². The number of hydrogen-bond acceptors (Lipinski definition) is 18. The van der Waals surface area contributed by atoms with Crippen LogP contribution in [0.25, 0.3) is 21.5 Å². The third kappa shape index (κ3) is 11.8. The van der Waals surface area contributed by atoms with Crippen LogP contribution in [-0.2, 0) is 54.5 Å². The van der Waals surface area contributed by atoms with Gasteiger partial charge in [0, 0.05) is 21.5 Å². The number of hydrogen-bond donors (Lipinski definition) is 6. The van der Waals surface area contributed by atoms with Gasteiger partial charge >= 0.3 is 10.4 Å². The normalized spacial score (nSPS) is 12.8. The van der Waals surface area contributed by atoms with Crippen molar-refractivity contribution >= 4 is 106 Å². The number of aliphatic hydroxyl groups is 1. The lowest BCUT2D eigenvalue weighted by Gasteiger charge is -2.09. The number of fused-ring (bicyclic) bond motifs is 2. The van der Waals surface area contributed by atoms with Gasteiger partial charge < -0.3 is 16.6 Å². The Labute approximate surface area is 354 Å². The highest BCUT2D eigenvalue weighted by atomic mass is 32.3. The maximum absolute atomic E-state index is 12.2. The molecule has 328 valence electrons. The molecule has 0 amide bonds. The third-order valence-corrected chi connectivity index (χ3v) is 14.1. The van der Waals surface area contributed by atoms with Gasteiger partial charge in [0.25, 0.3) is 20.2 Å². The molecule has 0 saturated heterocycles. The average Bonchev–Trinajstić information content (AvgIpc) is 3.19. The number of nitrogen functional groups attached to an aromatic ring is 2. The first-order valence-corrected chi connectivity index (χ1v) is 24.8. The predicted octanol–water partition coefficient (Wildman–Crippen LogP) is 5.53. The summed E-state index contributed by atoms with van der Waals surface area (Å²) in [4.78, 5) is -0.861. The summed E-state index contributed by atoms with van der Waals surface area (Å²) < 4.78 is 148. The fourth-order valence-corrected chi connectivity index (χ4v) is 9.51. The summed E-state index contributed by atoms with van der Waals surface area (Å²) in [7, 11) is -21.3. The lowest BCUT2D eigenvalue weighted by atomic mass is 10.1. The number of anilines is 2. The molecular weight excluding hydrogens is 917 g/mol. The largest absolute Gasteiger partial charge is 0.397 e. The zero-order chi connectivity index (χ0) is 45.7. The summed E-state index contributed by atoms with van der Waals surface area (Å²) in [6, 6.07) is 25.3. The molecule has 0 aliphatic heterocycles. The molecule has 0 saturated carbocycles. The van der Waals surface area contributed by atoms with Crippen LogP contribution in [0.15, 0.2) is 149 Å². The van der Waals surface area contributed by atoms with Crippen LogP contribution in [0.3, 0.4) is 0 Å². The predicted molar refractivity (Wildman–Crippen MR) is 226 cm³/mol. The first-order valence-electron chi connectivity index (χ1n) is 17.2. The number of rotatable bonds is 14. The van der Waals surface area contributed by atoms with Crippen molar-refractivity contribution in [2.24, 2.45) is 20.5 Å². The summed E-state index contributed by atoms with van der Waals surface area (Å²) in [6.07, 6.45) is 0. The summed E-state index contributed by atoms with van der Waals surface area (Å²) in [5, 5.41) is 25.8. The quantitative estimate of drug-likeness (QED) is 0.0444. The second-order valence-corrected chi connectivity index (χ2v) is 20.7. The molecule has 0 spiro atoms. The van der Waals surface area contributed by atoms with Gasteiger partial charge in [0.15, 0.2) is 19.7 Å². The Kier molecular flexibility index (Phi) is 14.2. The standard InChI is InChI=1S/C18H17N3O9S3.C18H17N3O6S2/c19-18-15-4-2-1-3-14(15)17(32(24,25)26)11-16(18)21-20-12-5-7-13(8-6-12)31(22,23)10-9-30-33(27,28)29;19-18-15-4-2-1-3-14(15)17(29(25,26)27)11-16(18)21-20-12-5-7-13(8-6-12)28(23,24)10-9-22/h1-8,11H,9-10,19H2,(H,24,25,26)(H,27,28,29);1-8,11,22H,9-10,19H2,(H,25,26,27). The van der Waals surface area contributed by atoms with E-state index in [0.717, 1.165) is 12.1 Å². The van der Waals surface area contributed by atoms with E-state index in [4.69, 9.17) is 21.1 Å². The van der Waals surface area contributed by atoms with Crippen molar-refractivity contribution in [3.63, 3.8) is 0 Å². The molecule has 0 heterocycles. The van der Waals surface area contributed by atoms with Crippen molar-refractivity contribution < 1.29 is 65.0 Å². The lowest BCUT2D eigenvalue weighted by molar-refractivity contribution is 0.284. The van der Waals surface area contributed by atoms with Gasteiger partial charge in [0.05, 0.1) is 57.3 Å². The van der Waals surface area contributed by atoms with Crippen LogP contribution in [0.5, 0.6) is 0 Å². The molecule has 21 nitrogen and oxygen atoms in total. The summed E-state index contributed by atoms with van der Waals surface area (Å²) in [5.74, 6) is -1.08. The second-order valence-electron chi connectivity index (χ2n) is 12.7. The summed E-state index contributed by atoms with van der Waals surface area (Å²) in [5.41, 5.74) is 13.0. The number of sulfone groups is 2. The first-order chi connectivity index (χ1) is 28.9. The van der Waals surface area contributed by atoms with E-state index in [1.54, 1.807) is 36.4 Å². The zero-order valence-electron chi connectivity index (χ0n) is 31.5. The van der Waals surface area contributed by atoms with E-state index in [2.05, 4.69) is 24.6 Å². The van der Waals surface area contributed by atoms with Crippen LogP contribution in [0.4, 0.5) is 34.1 Å². The van der Waals surface area contributed by atoms with Crippen LogP contribution in [-0.4, -0.2) is 85.6 Å². The van der Waals surface area contributed by atoms with Gasteiger partial charge in [-0.2, -0.15) is 35.5 Å². The van der Waals surface area contributed by atoms with Crippen LogP contribution in [0.2, 0.25) is 0 Å². The molecule has 62 heavy (non-hydrogen) atoms. The minimum Gasteiger partial charge on any atom is -0.396 e. The number of nitrogens with two attached hydrogens (primary N) is 2. The Bertz CT molecular complexity index is 3290. The molecule has 8 N–H and O–H groups in total. The van der Waals surface area contributed by atoms with E-state index in [-0.39, 0.29) is 59.6 Å². The molecule has 6 aromatic carbocycles. The Morgan fingerprint density at radius 2 is 0.839 bits per heavy atom. The maximum atomic E-state index is 12.2. The molecule has 0 aliphatic carbocycles. The van der Waals surface area contributed by atoms with Crippen molar-refractivity contribution in [3.8, 4) is 0 Å². The van der Waals surface area contributed by atoms with Crippen molar-refractivity contribution in [3.05, 3.63) is 109 Å². The summed E-state index contributed by atoms with van der Waals surface area (Å²) in [6.45, 7) is -1.25. The third-order valence-electron chi connectivity index (χ3n) is 8.49. The van der Waals surface area contributed by atoms with Gasteiger partial charge in [-0.15, -0.1) is 10.2 Å². The maximum Gasteiger partial charge on any atom is 0.397 e. The van der Waals surface area contributed by atoms with E-state index in [1.807, 2.05) is 0 Å². The highest BCUT2D eigenvalue weighted by Gasteiger charge is 2.21. The van der Waals surface area contributed by atoms with E-state index in [1.165, 1.54) is 60.7 Å². The van der Waals surface area contributed by atoms with Gasteiger partial charge in [-0.1, -0.05) is 48.5 Å². The molecule has 0 radical (unpaired) electrons. The second kappa shape index (κ2) is 18.7. The molecule has 0 aliphatic rings. The fourth-order valence-electron chi connectivity index (χ4n) is 5.56. The van der Waals surface area contributed by atoms with Crippen LogP contribution >= 0.6 is 0 Å². The molecule has 26 heteroatoms. The number of aliphatic hydroxyl groups excluding tert-OH is 1. The van der Waals surface area contributed by atoms with Crippen LogP contribution in [0, 0.1) is 0 Å². The van der Waals surface area contributed by atoms with E-state index >= 15 is 0 Å². The number of benzene rings is 6. The molecule has 0 bridgehead atoms. The van der Waals surface area contributed by atoms with Gasteiger partial charge in [-0.05, 0) is 60.7 Å².